The van der Waals surface area contributed by atoms with Crippen molar-refractivity contribution in [1.29, 1.82) is 5.26 Å². The van der Waals surface area contributed by atoms with Gasteiger partial charge in [-0.1, -0.05) is 69.3 Å². The molecule has 0 aliphatic heterocycles. The summed E-state index contributed by atoms with van der Waals surface area (Å²) >= 11 is 0. The minimum atomic E-state index is -0.372. The average molecular weight is 585 g/mol. The van der Waals surface area contributed by atoms with Gasteiger partial charge in [0.05, 0.1) is 43.6 Å². The second kappa shape index (κ2) is 16.6. The van der Waals surface area contributed by atoms with Gasteiger partial charge in [0.25, 0.3) is 0 Å². The maximum atomic E-state index is 11.9. The van der Waals surface area contributed by atoms with Crippen molar-refractivity contribution in [3.05, 3.63) is 106 Å². The molecule has 7 nitrogen and oxygen atoms in total. The van der Waals surface area contributed by atoms with E-state index >= 15 is 0 Å². The van der Waals surface area contributed by atoms with E-state index in [2.05, 4.69) is 56.0 Å². The molecule has 228 valence electrons. The van der Waals surface area contributed by atoms with Crippen molar-refractivity contribution in [3.63, 3.8) is 0 Å². The van der Waals surface area contributed by atoms with E-state index in [1.807, 2.05) is 37.3 Å². The van der Waals surface area contributed by atoms with Gasteiger partial charge < -0.3 is 14.2 Å². The maximum absolute atomic E-state index is 11.9. The number of esters is 2. The van der Waals surface area contributed by atoms with Crippen molar-refractivity contribution in [2.75, 3.05) is 26.8 Å². The lowest BCUT2D eigenvalue weighted by molar-refractivity contribution is -0.143. The van der Waals surface area contributed by atoms with Gasteiger partial charge >= 0.3 is 11.9 Å². The van der Waals surface area contributed by atoms with Crippen LogP contribution in [0.2, 0.25) is 0 Å². The van der Waals surface area contributed by atoms with Crippen molar-refractivity contribution in [2.45, 2.75) is 71.6 Å². The average Bonchev–Trinajstić information content (AvgIpc) is 3.01. The van der Waals surface area contributed by atoms with Crippen molar-refractivity contribution >= 4 is 11.9 Å². The van der Waals surface area contributed by atoms with Crippen molar-refractivity contribution in [2.24, 2.45) is 0 Å². The number of methoxy groups -OCH3 is 1. The molecule has 3 rings (SSSR count). The Balaban J connectivity index is 1.83. The second-order valence-corrected chi connectivity index (χ2v) is 11.7. The van der Waals surface area contributed by atoms with Crippen LogP contribution in [0.5, 0.6) is 0 Å². The first kappa shape index (κ1) is 33.5. The first-order valence-electron chi connectivity index (χ1n) is 14.9. The molecule has 7 heteroatoms. The first-order chi connectivity index (χ1) is 20.6. The van der Waals surface area contributed by atoms with Crippen LogP contribution in [0.25, 0.3) is 0 Å². The van der Waals surface area contributed by atoms with Crippen LogP contribution in [0.1, 0.15) is 91.2 Å². The van der Waals surface area contributed by atoms with Crippen LogP contribution >= 0.6 is 0 Å². The standard InChI is InChI=1S/C36H44N2O5/c1-6-42-34(39)15-7-8-20-38(24-27-16-18-30(19-17-27)35(40)41-5)25-33(31-13-9-11-28(21-31)23-37)43-26-29-12-10-14-32(22-29)36(2,3)4/h9-14,16-19,21-22,33H,6-8,15,20,24-26H2,1-5H3/t33-/m0/s1. The Labute approximate surface area is 256 Å². The number of rotatable bonds is 15. The van der Waals surface area contributed by atoms with Gasteiger partial charge in [-0.3, -0.25) is 9.69 Å². The van der Waals surface area contributed by atoms with Gasteiger partial charge in [-0.15, -0.1) is 0 Å². The van der Waals surface area contributed by atoms with Crippen LogP contribution in [-0.2, 0) is 37.6 Å². The number of nitrogens with zero attached hydrogens (tertiary/aromatic N) is 2. The number of carbonyl (C=O) groups is 2. The van der Waals surface area contributed by atoms with Crippen molar-refractivity contribution < 1.29 is 23.8 Å². The monoisotopic (exact) mass is 584 g/mol. The summed E-state index contributed by atoms with van der Waals surface area (Å²) in [4.78, 5) is 26.1. The third-order valence-electron chi connectivity index (χ3n) is 7.25. The molecule has 3 aromatic carbocycles. The summed E-state index contributed by atoms with van der Waals surface area (Å²) in [5, 5.41) is 9.57. The zero-order valence-corrected chi connectivity index (χ0v) is 26.1. The molecule has 0 fully saturated rings. The van der Waals surface area contributed by atoms with Crippen molar-refractivity contribution in [1.82, 2.24) is 4.90 Å². The number of hydrogen-bond acceptors (Lipinski definition) is 7. The Morgan fingerprint density at radius 1 is 0.953 bits per heavy atom. The Hall–Kier alpha value is -3.99. The molecule has 1 atom stereocenters. The van der Waals surface area contributed by atoms with Gasteiger partial charge in [0.15, 0.2) is 0 Å². The molecule has 0 saturated heterocycles. The lowest BCUT2D eigenvalue weighted by Crippen LogP contribution is -2.30. The number of unbranched alkanes of at least 4 members (excludes halogenated alkanes) is 1. The van der Waals surface area contributed by atoms with Gasteiger partial charge in [0, 0.05) is 19.5 Å². The van der Waals surface area contributed by atoms with E-state index in [4.69, 9.17) is 14.2 Å². The summed E-state index contributed by atoms with van der Waals surface area (Å²) in [7, 11) is 1.37. The molecule has 0 aromatic heterocycles. The predicted octanol–water partition coefficient (Wildman–Crippen LogP) is 7.14. The Morgan fingerprint density at radius 2 is 1.70 bits per heavy atom. The quantitative estimate of drug-likeness (QED) is 0.139. The van der Waals surface area contributed by atoms with Crippen LogP contribution in [0.15, 0.2) is 72.8 Å². The molecule has 43 heavy (non-hydrogen) atoms. The summed E-state index contributed by atoms with van der Waals surface area (Å²) in [6.07, 6.45) is 1.60. The predicted molar refractivity (Wildman–Crippen MR) is 167 cm³/mol. The molecular weight excluding hydrogens is 540 g/mol. The SMILES string of the molecule is CCOC(=O)CCCCN(Cc1ccc(C(=O)OC)cc1)C[C@H](OCc1cccc(C(C)(C)C)c1)c1cccc(C#N)c1. The van der Waals surface area contributed by atoms with Crippen LogP contribution in [0.4, 0.5) is 0 Å². The Bertz CT molecular complexity index is 1370. The summed E-state index contributed by atoms with van der Waals surface area (Å²) in [5.74, 6) is -0.553. The fourth-order valence-electron chi connectivity index (χ4n) is 4.82. The molecule has 0 amide bonds. The normalized spacial score (nSPS) is 12.0. The number of carbonyl (C=O) groups excluding carboxylic acids is 2. The first-order valence-corrected chi connectivity index (χ1v) is 14.9. The lowest BCUT2D eigenvalue weighted by Gasteiger charge is -2.29. The highest BCUT2D eigenvalue weighted by Gasteiger charge is 2.20. The van der Waals surface area contributed by atoms with Crippen molar-refractivity contribution in [3.8, 4) is 6.07 Å². The van der Waals surface area contributed by atoms with Gasteiger partial charge in [-0.25, -0.2) is 4.79 Å². The van der Waals surface area contributed by atoms with E-state index in [1.54, 1.807) is 18.2 Å². The van der Waals surface area contributed by atoms with E-state index in [0.29, 0.717) is 50.3 Å². The highest BCUT2D eigenvalue weighted by molar-refractivity contribution is 5.89. The van der Waals surface area contributed by atoms with Crippen LogP contribution in [0.3, 0.4) is 0 Å². The lowest BCUT2D eigenvalue weighted by atomic mass is 9.86. The van der Waals surface area contributed by atoms with E-state index in [9.17, 15) is 14.9 Å². The molecule has 0 aliphatic rings. The van der Waals surface area contributed by atoms with Gasteiger partial charge in [0.1, 0.15) is 0 Å². The highest BCUT2D eigenvalue weighted by atomic mass is 16.5. The van der Waals surface area contributed by atoms with Crippen LogP contribution in [0, 0.1) is 11.3 Å². The number of ether oxygens (including phenoxy) is 3. The third-order valence-corrected chi connectivity index (χ3v) is 7.25. The number of nitriles is 1. The second-order valence-electron chi connectivity index (χ2n) is 11.7. The smallest absolute Gasteiger partial charge is 0.337 e. The molecule has 0 N–H and O–H groups in total. The van der Waals surface area contributed by atoms with Gasteiger partial charge in [-0.05, 0) is 78.2 Å². The minimum absolute atomic E-state index is 0.0281. The van der Waals surface area contributed by atoms with E-state index < -0.39 is 0 Å². The molecule has 0 saturated carbocycles. The molecule has 0 radical (unpaired) electrons. The van der Waals surface area contributed by atoms with E-state index in [-0.39, 0.29) is 23.5 Å². The molecule has 3 aromatic rings. The molecular formula is C36H44N2O5. The summed E-state index contributed by atoms with van der Waals surface area (Å²) in [5.41, 5.74) is 5.42. The van der Waals surface area contributed by atoms with Gasteiger partial charge in [0.2, 0.25) is 0 Å². The number of hydrogen-bond donors (Lipinski definition) is 0. The zero-order valence-electron chi connectivity index (χ0n) is 26.1. The summed E-state index contributed by atoms with van der Waals surface area (Å²) in [6.45, 7) is 11.1. The topological polar surface area (TPSA) is 88.9 Å². The summed E-state index contributed by atoms with van der Waals surface area (Å²) < 4.78 is 16.5. The Kier molecular flexibility index (Phi) is 12.9. The van der Waals surface area contributed by atoms with E-state index in [1.165, 1.54) is 12.7 Å². The van der Waals surface area contributed by atoms with E-state index in [0.717, 1.165) is 29.7 Å². The molecule has 0 unspecified atom stereocenters. The maximum Gasteiger partial charge on any atom is 0.337 e. The minimum Gasteiger partial charge on any atom is -0.466 e. The molecule has 0 aliphatic carbocycles. The van der Waals surface area contributed by atoms with Crippen LogP contribution < -0.4 is 0 Å². The summed E-state index contributed by atoms with van der Waals surface area (Å²) in [6, 6.07) is 25.7. The van der Waals surface area contributed by atoms with Gasteiger partial charge in [-0.2, -0.15) is 5.26 Å². The fourth-order valence-corrected chi connectivity index (χ4v) is 4.82. The van der Waals surface area contributed by atoms with Crippen LogP contribution in [-0.4, -0.2) is 43.6 Å². The fraction of sp³-hybridized carbons (Fsp3) is 0.417. The third kappa shape index (κ3) is 11.0. The zero-order chi connectivity index (χ0) is 31.2. The largest absolute Gasteiger partial charge is 0.466 e. The number of benzene rings is 3. The highest BCUT2D eigenvalue weighted by Crippen LogP contribution is 2.26. The molecule has 0 spiro atoms. The molecule has 0 bridgehead atoms. The molecule has 0 heterocycles. The Morgan fingerprint density at radius 3 is 2.37 bits per heavy atom.